The first kappa shape index (κ1) is 17.1. The molecule has 2 aliphatic heterocycles. The molecule has 2 aliphatic rings. The van der Waals surface area contributed by atoms with Crippen LogP contribution < -0.4 is 4.74 Å². The molecule has 0 bridgehead atoms. The van der Waals surface area contributed by atoms with Crippen LogP contribution in [0.1, 0.15) is 22.9 Å². The van der Waals surface area contributed by atoms with Gasteiger partial charge in [0.05, 0.1) is 7.11 Å². The molecule has 0 spiro atoms. The number of hydrogen-bond acceptors (Lipinski definition) is 4. The average molecular weight is 393 g/mol. The zero-order valence-corrected chi connectivity index (χ0v) is 16.3. The minimum absolute atomic E-state index is 0.0201. The molecule has 0 radical (unpaired) electrons. The van der Waals surface area contributed by atoms with E-state index in [9.17, 15) is 9.90 Å². The second kappa shape index (κ2) is 5.97. The molecule has 142 valence electrons. The first-order valence-corrected chi connectivity index (χ1v) is 9.49. The lowest BCUT2D eigenvalue weighted by molar-refractivity contribution is -0.127. The molecule has 2 N–H and O–H groups in total. The monoisotopic (exact) mass is 393 g/mol. The SMILES string of the molecule is COc1cccc([C@H]2c3[nH]c4ccccc4c3C[C@H]3C(=O)N(C)C(=S)N23)c1O. The Morgan fingerprint density at radius 3 is 2.79 bits per heavy atom. The number of nitrogens with one attached hydrogen (secondary N) is 1. The maximum atomic E-state index is 12.9. The van der Waals surface area contributed by atoms with Crippen molar-refractivity contribution in [1.82, 2.24) is 14.8 Å². The quantitative estimate of drug-likeness (QED) is 0.655. The van der Waals surface area contributed by atoms with Crippen LogP contribution in [0.4, 0.5) is 0 Å². The lowest BCUT2D eigenvalue weighted by Gasteiger charge is -2.37. The fraction of sp³-hybridized carbons (Fsp3) is 0.238. The second-order valence-corrected chi connectivity index (χ2v) is 7.54. The number of rotatable bonds is 2. The molecule has 7 heteroatoms. The van der Waals surface area contributed by atoms with Crippen molar-refractivity contribution < 1.29 is 14.6 Å². The summed E-state index contributed by atoms with van der Waals surface area (Å²) in [4.78, 5) is 19.9. The molecule has 6 nitrogen and oxygen atoms in total. The molecular weight excluding hydrogens is 374 g/mol. The number of likely N-dealkylation sites (N-methyl/N-ethyl adjacent to an activating group) is 1. The van der Waals surface area contributed by atoms with Crippen molar-refractivity contribution >= 4 is 34.1 Å². The van der Waals surface area contributed by atoms with Crippen molar-refractivity contribution in [3.63, 3.8) is 0 Å². The summed E-state index contributed by atoms with van der Waals surface area (Å²) >= 11 is 5.61. The van der Waals surface area contributed by atoms with Crippen LogP contribution in [0.3, 0.4) is 0 Å². The molecule has 1 aromatic heterocycles. The van der Waals surface area contributed by atoms with E-state index in [-0.39, 0.29) is 17.7 Å². The number of nitrogens with zero attached hydrogens (tertiary/aromatic N) is 2. The fourth-order valence-corrected chi connectivity index (χ4v) is 4.78. The number of carbonyl (C=O) groups excluding carboxylic acids is 1. The minimum Gasteiger partial charge on any atom is -0.504 e. The number of fused-ring (bicyclic) bond motifs is 4. The molecule has 0 unspecified atom stereocenters. The summed E-state index contributed by atoms with van der Waals surface area (Å²) in [5.41, 5.74) is 3.71. The Kier molecular flexibility index (Phi) is 3.64. The number of para-hydroxylation sites is 2. The number of H-pyrrole nitrogens is 1. The van der Waals surface area contributed by atoms with Gasteiger partial charge in [-0.1, -0.05) is 30.3 Å². The number of hydrogen-bond donors (Lipinski definition) is 2. The Morgan fingerprint density at radius 2 is 2.00 bits per heavy atom. The molecule has 2 aromatic carbocycles. The number of thiocarbonyl (C=S) groups is 1. The summed E-state index contributed by atoms with van der Waals surface area (Å²) < 4.78 is 5.31. The molecule has 1 saturated heterocycles. The zero-order chi connectivity index (χ0) is 19.6. The highest BCUT2D eigenvalue weighted by Gasteiger charge is 2.49. The average Bonchev–Trinajstić information content (AvgIpc) is 3.18. The molecule has 1 amide bonds. The number of benzene rings is 2. The van der Waals surface area contributed by atoms with Gasteiger partial charge in [-0.05, 0) is 29.9 Å². The van der Waals surface area contributed by atoms with Crippen molar-refractivity contribution in [3.8, 4) is 11.5 Å². The first-order valence-electron chi connectivity index (χ1n) is 9.08. The number of ether oxygens (including phenoxy) is 1. The van der Waals surface area contributed by atoms with Gasteiger partial charge in [0.25, 0.3) is 5.91 Å². The van der Waals surface area contributed by atoms with Crippen molar-refractivity contribution in [2.45, 2.75) is 18.5 Å². The third kappa shape index (κ3) is 2.13. The molecular formula is C21H19N3O3S. The van der Waals surface area contributed by atoms with E-state index in [1.165, 1.54) is 12.0 Å². The summed E-state index contributed by atoms with van der Waals surface area (Å²) in [5.74, 6) is 0.431. The predicted octanol–water partition coefficient (Wildman–Crippen LogP) is 2.96. The zero-order valence-electron chi connectivity index (χ0n) is 15.5. The summed E-state index contributed by atoms with van der Waals surface area (Å²) in [6.07, 6.45) is 0.573. The maximum absolute atomic E-state index is 12.9. The van der Waals surface area contributed by atoms with Crippen LogP contribution >= 0.6 is 12.2 Å². The molecule has 3 aromatic rings. The van der Waals surface area contributed by atoms with Gasteiger partial charge in [-0.15, -0.1) is 0 Å². The molecule has 3 heterocycles. The van der Waals surface area contributed by atoms with Gasteiger partial charge in [-0.2, -0.15) is 0 Å². The number of amides is 1. The van der Waals surface area contributed by atoms with E-state index < -0.39 is 6.04 Å². The van der Waals surface area contributed by atoms with Gasteiger partial charge in [-0.3, -0.25) is 9.69 Å². The molecule has 28 heavy (non-hydrogen) atoms. The van der Waals surface area contributed by atoms with E-state index in [0.29, 0.717) is 22.8 Å². The minimum atomic E-state index is -0.405. The van der Waals surface area contributed by atoms with Crippen LogP contribution in [0.5, 0.6) is 11.5 Å². The van der Waals surface area contributed by atoms with Crippen LogP contribution in [0.15, 0.2) is 42.5 Å². The van der Waals surface area contributed by atoms with Gasteiger partial charge >= 0.3 is 0 Å². The van der Waals surface area contributed by atoms with E-state index in [1.54, 1.807) is 13.1 Å². The molecule has 2 atom stereocenters. The third-order valence-corrected chi connectivity index (χ3v) is 6.28. The topological polar surface area (TPSA) is 68.8 Å². The van der Waals surface area contributed by atoms with E-state index in [1.807, 2.05) is 35.2 Å². The van der Waals surface area contributed by atoms with Gasteiger partial charge in [-0.25, -0.2) is 0 Å². The number of phenolic OH excluding ortho intramolecular Hbond substituents is 1. The summed E-state index contributed by atoms with van der Waals surface area (Å²) in [7, 11) is 3.23. The van der Waals surface area contributed by atoms with Crippen LogP contribution in [0.2, 0.25) is 0 Å². The van der Waals surface area contributed by atoms with Crippen LogP contribution in [-0.2, 0) is 11.2 Å². The lowest BCUT2D eigenvalue weighted by Crippen LogP contribution is -2.44. The van der Waals surface area contributed by atoms with Crippen molar-refractivity contribution in [2.24, 2.45) is 0 Å². The van der Waals surface area contributed by atoms with Crippen molar-refractivity contribution in [3.05, 3.63) is 59.3 Å². The van der Waals surface area contributed by atoms with E-state index in [2.05, 4.69) is 11.1 Å². The van der Waals surface area contributed by atoms with Gasteiger partial charge in [0.1, 0.15) is 12.1 Å². The van der Waals surface area contributed by atoms with Gasteiger partial charge < -0.3 is 19.7 Å². The summed E-state index contributed by atoms with van der Waals surface area (Å²) in [6, 6.07) is 12.7. The van der Waals surface area contributed by atoms with E-state index in [0.717, 1.165) is 22.2 Å². The highest BCUT2D eigenvalue weighted by Crippen LogP contribution is 2.47. The Balaban J connectivity index is 1.80. The standard InChI is InChI=1S/C21H19N3O3S/c1-23-20(26)15-10-13-11-6-3-4-8-14(11)22-17(13)18(24(15)21(23)28)12-7-5-9-16(27-2)19(12)25/h3-9,15,18,22,25H,10H2,1-2H3/t15-,18-/m0/s1. The number of aromatic hydroxyl groups is 1. The van der Waals surface area contributed by atoms with Crippen molar-refractivity contribution in [2.75, 3.05) is 14.2 Å². The molecule has 5 rings (SSSR count). The Hall–Kier alpha value is -3.06. The fourth-order valence-electron chi connectivity index (χ4n) is 4.46. The highest BCUT2D eigenvalue weighted by molar-refractivity contribution is 7.80. The Labute approximate surface area is 167 Å². The Bertz CT molecular complexity index is 1140. The van der Waals surface area contributed by atoms with E-state index >= 15 is 0 Å². The highest BCUT2D eigenvalue weighted by atomic mass is 32.1. The first-order chi connectivity index (χ1) is 13.5. The number of phenols is 1. The number of carbonyl (C=O) groups is 1. The third-order valence-electron chi connectivity index (χ3n) is 5.80. The molecule has 1 fully saturated rings. The predicted molar refractivity (Wildman–Crippen MR) is 109 cm³/mol. The molecule has 0 saturated carbocycles. The van der Waals surface area contributed by atoms with Crippen molar-refractivity contribution in [1.29, 1.82) is 0 Å². The number of aromatic amines is 1. The van der Waals surface area contributed by atoms with Crippen LogP contribution in [-0.4, -0.2) is 51.1 Å². The summed E-state index contributed by atoms with van der Waals surface area (Å²) in [6.45, 7) is 0. The van der Waals surface area contributed by atoms with Gasteiger partial charge in [0, 0.05) is 35.6 Å². The van der Waals surface area contributed by atoms with Gasteiger partial charge in [0.15, 0.2) is 16.6 Å². The Morgan fingerprint density at radius 1 is 1.21 bits per heavy atom. The normalized spacial score (nSPS) is 21.2. The lowest BCUT2D eigenvalue weighted by atomic mass is 9.88. The summed E-state index contributed by atoms with van der Waals surface area (Å²) in [5, 5.41) is 12.4. The number of methoxy groups -OCH3 is 1. The van der Waals surface area contributed by atoms with E-state index in [4.69, 9.17) is 17.0 Å². The number of aromatic nitrogens is 1. The van der Waals surface area contributed by atoms with Crippen LogP contribution in [0.25, 0.3) is 10.9 Å². The smallest absolute Gasteiger partial charge is 0.251 e. The largest absolute Gasteiger partial charge is 0.504 e. The van der Waals surface area contributed by atoms with Gasteiger partial charge in [0.2, 0.25) is 0 Å². The molecule has 0 aliphatic carbocycles. The van der Waals surface area contributed by atoms with Crippen LogP contribution in [0, 0.1) is 0 Å². The maximum Gasteiger partial charge on any atom is 0.251 e. The second-order valence-electron chi connectivity index (χ2n) is 7.17.